The third-order valence-electron chi connectivity index (χ3n) is 4.11. The van der Waals surface area contributed by atoms with Crippen LogP contribution in [0, 0.1) is 17.2 Å². The van der Waals surface area contributed by atoms with Gasteiger partial charge in [0.25, 0.3) is 0 Å². The van der Waals surface area contributed by atoms with Gasteiger partial charge in [0.15, 0.2) is 5.67 Å². The molecule has 1 aliphatic rings. The Labute approximate surface area is 136 Å². The van der Waals surface area contributed by atoms with Crippen LogP contribution in [0.3, 0.4) is 0 Å². The minimum Gasteiger partial charge on any atom is -0.261 e. The van der Waals surface area contributed by atoms with Crippen LogP contribution in [0.15, 0.2) is 55.0 Å². The standard InChI is InChI=1S/C17H11FN6/c18-17(11-4-5-14-15(8-11)23-24-22-14)12(9-19)2-1-3-13(17)16-10-20-6-7-21-16/h1-8,10,12H,(H,22,23,24). The van der Waals surface area contributed by atoms with Crippen molar-refractivity contribution in [2.45, 2.75) is 5.67 Å². The molecule has 1 aliphatic carbocycles. The largest absolute Gasteiger partial charge is 0.261 e. The molecule has 0 spiro atoms. The van der Waals surface area contributed by atoms with Crippen LogP contribution in [0.25, 0.3) is 16.6 Å². The topological polar surface area (TPSA) is 91.1 Å². The molecular formula is C17H11FN6. The lowest BCUT2D eigenvalue weighted by atomic mass is 9.74. The molecule has 0 amide bonds. The highest BCUT2D eigenvalue weighted by atomic mass is 19.1. The van der Waals surface area contributed by atoms with Crippen molar-refractivity contribution in [3.05, 3.63) is 66.3 Å². The Balaban J connectivity index is 1.94. The van der Waals surface area contributed by atoms with Crippen LogP contribution in [-0.4, -0.2) is 25.4 Å². The van der Waals surface area contributed by atoms with E-state index in [0.717, 1.165) is 0 Å². The van der Waals surface area contributed by atoms with Gasteiger partial charge in [-0.15, -0.1) is 5.10 Å². The van der Waals surface area contributed by atoms with Crippen molar-refractivity contribution >= 4 is 16.6 Å². The van der Waals surface area contributed by atoms with E-state index in [4.69, 9.17) is 0 Å². The zero-order chi connectivity index (χ0) is 16.6. The molecule has 2 heterocycles. The molecule has 3 aromatic rings. The van der Waals surface area contributed by atoms with Gasteiger partial charge in [0.1, 0.15) is 11.4 Å². The van der Waals surface area contributed by atoms with E-state index in [1.54, 1.807) is 36.4 Å². The Bertz CT molecular complexity index is 1000. The summed E-state index contributed by atoms with van der Waals surface area (Å²) in [5, 5.41) is 19.9. The van der Waals surface area contributed by atoms with Crippen LogP contribution in [0.5, 0.6) is 0 Å². The van der Waals surface area contributed by atoms with E-state index in [2.05, 4.69) is 25.4 Å². The van der Waals surface area contributed by atoms with Crippen LogP contribution < -0.4 is 0 Å². The van der Waals surface area contributed by atoms with Gasteiger partial charge in [-0.3, -0.25) is 15.1 Å². The van der Waals surface area contributed by atoms with Crippen molar-refractivity contribution in [2.75, 3.05) is 0 Å². The SMILES string of the molecule is N#CC1C=CC=C(c2cnccn2)C1(F)c1ccc2[nH]nnc2c1. The first-order valence-corrected chi connectivity index (χ1v) is 7.28. The molecule has 0 aliphatic heterocycles. The van der Waals surface area contributed by atoms with Gasteiger partial charge < -0.3 is 0 Å². The third-order valence-corrected chi connectivity index (χ3v) is 4.11. The number of H-pyrrole nitrogens is 1. The van der Waals surface area contributed by atoms with Crippen LogP contribution in [0.4, 0.5) is 4.39 Å². The van der Waals surface area contributed by atoms with Crippen molar-refractivity contribution in [2.24, 2.45) is 5.92 Å². The smallest absolute Gasteiger partial charge is 0.182 e. The second-order valence-corrected chi connectivity index (χ2v) is 5.42. The second-order valence-electron chi connectivity index (χ2n) is 5.42. The van der Waals surface area contributed by atoms with Crippen molar-refractivity contribution in [1.29, 1.82) is 5.26 Å². The van der Waals surface area contributed by atoms with E-state index in [1.807, 2.05) is 6.07 Å². The summed E-state index contributed by atoms with van der Waals surface area (Å²) >= 11 is 0. The number of benzene rings is 1. The molecule has 2 aromatic heterocycles. The van der Waals surface area contributed by atoms with Gasteiger partial charge >= 0.3 is 0 Å². The molecule has 2 unspecified atom stereocenters. The summed E-state index contributed by atoms with van der Waals surface area (Å²) in [6.45, 7) is 0. The Kier molecular flexibility index (Phi) is 3.17. The summed E-state index contributed by atoms with van der Waals surface area (Å²) < 4.78 is 16.3. The lowest BCUT2D eigenvalue weighted by Gasteiger charge is -2.33. The van der Waals surface area contributed by atoms with Gasteiger partial charge in [-0.05, 0) is 17.7 Å². The number of fused-ring (bicyclic) bond motifs is 1. The maximum absolute atomic E-state index is 16.3. The quantitative estimate of drug-likeness (QED) is 0.784. The Morgan fingerprint density at radius 3 is 3.00 bits per heavy atom. The van der Waals surface area contributed by atoms with Gasteiger partial charge in [-0.1, -0.05) is 29.5 Å². The summed E-state index contributed by atoms with van der Waals surface area (Å²) in [5.74, 6) is -0.983. The monoisotopic (exact) mass is 318 g/mol. The number of nitriles is 1. The van der Waals surface area contributed by atoms with Crippen LogP contribution in [-0.2, 0) is 5.67 Å². The lowest BCUT2D eigenvalue weighted by Crippen LogP contribution is -2.32. The summed E-state index contributed by atoms with van der Waals surface area (Å²) in [6, 6.07) is 6.98. The van der Waals surface area contributed by atoms with Crippen molar-refractivity contribution in [3.63, 3.8) is 0 Å². The number of allylic oxidation sites excluding steroid dienone is 4. The molecule has 0 fully saturated rings. The fourth-order valence-electron chi connectivity index (χ4n) is 2.93. The molecule has 1 aromatic carbocycles. The van der Waals surface area contributed by atoms with Crippen LogP contribution >= 0.6 is 0 Å². The van der Waals surface area contributed by atoms with Gasteiger partial charge in [-0.25, -0.2) is 4.39 Å². The fraction of sp³-hybridized carbons (Fsp3) is 0.118. The molecule has 0 bridgehead atoms. The molecule has 1 N–H and O–H groups in total. The summed E-state index contributed by atoms with van der Waals surface area (Å²) in [5.41, 5.74) is 0.211. The Morgan fingerprint density at radius 1 is 1.29 bits per heavy atom. The summed E-state index contributed by atoms with van der Waals surface area (Å²) in [7, 11) is 0. The summed E-state index contributed by atoms with van der Waals surface area (Å²) in [6.07, 6.45) is 9.35. The maximum atomic E-state index is 16.3. The van der Waals surface area contributed by atoms with E-state index in [9.17, 15) is 5.26 Å². The van der Waals surface area contributed by atoms with E-state index in [0.29, 0.717) is 27.9 Å². The Morgan fingerprint density at radius 2 is 2.21 bits per heavy atom. The molecule has 24 heavy (non-hydrogen) atoms. The molecule has 0 saturated carbocycles. The van der Waals surface area contributed by atoms with E-state index < -0.39 is 11.6 Å². The number of alkyl halides is 1. The molecule has 6 nitrogen and oxygen atoms in total. The number of aromatic amines is 1. The zero-order valence-corrected chi connectivity index (χ0v) is 12.4. The highest BCUT2D eigenvalue weighted by Gasteiger charge is 2.46. The van der Waals surface area contributed by atoms with Crippen molar-refractivity contribution in [1.82, 2.24) is 25.4 Å². The number of hydrogen-bond donors (Lipinski definition) is 1. The van der Waals surface area contributed by atoms with Crippen LogP contribution in [0.1, 0.15) is 11.3 Å². The molecule has 0 saturated heterocycles. The molecule has 116 valence electrons. The first-order chi connectivity index (χ1) is 11.7. The first kappa shape index (κ1) is 14.2. The number of halogens is 1. The molecule has 0 radical (unpaired) electrons. The first-order valence-electron chi connectivity index (χ1n) is 7.28. The highest BCUT2D eigenvalue weighted by Crippen LogP contribution is 2.48. The van der Waals surface area contributed by atoms with E-state index >= 15 is 4.39 Å². The van der Waals surface area contributed by atoms with Gasteiger partial charge in [0.05, 0.1) is 23.5 Å². The minimum absolute atomic E-state index is 0.299. The number of hydrogen-bond acceptors (Lipinski definition) is 5. The van der Waals surface area contributed by atoms with Crippen molar-refractivity contribution < 1.29 is 4.39 Å². The number of rotatable bonds is 2. The average molecular weight is 318 g/mol. The Hall–Kier alpha value is -3.40. The fourth-order valence-corrected chi connectivity index (χ4v) is 2.93. The molecule has 2 atom stereocenters. The number of nitrogens with one attached hydrogen (secondary N) is 1. The third kappa shape index (κ3) is 2.01. The van der Waals surface area contributed by atoms with Crippen LogP contribution in [0.2, 0.25) is 0 Å². The molecule has 4 rings (SSSR count). The van der Waals surface area contributed by atoms with Gasteiger partial charge in [0, 0.05) is 18.0 Å². The zero-order valence-electron chi connectivity index (χ0n) is 12.4. The lowest BCUT2D eigenvalue weighted by molar-refractivity contribution is 0.209. The predicted molar refractivity (Wildman–Crippen MR) is 84.9 cm³/mol. The number of nitrogens with zero attached hydrogens (tertiary/aromatic N) is 5. The minimum atomic E-state index is -2.05. The molecule has 7 heteroatoms. The average Bonchev–Trinajstić information content (AvgIpc) is 3.10. The maximum Gasteiger partial charge on any atom is 0.182 e. The highest BCUT2D eigenvalue weighted by molar-refractivity contribution is 5.80. The predicted octanol–water partition coefficient (Wildman–Crippen LogP) is 2.71. The van der Waals surface area contributed by atoms with E-state index in [1.165, 1.54) is 18.6 Å². The normalized spacial score (nSPS) is 23.0. The number of aromatic nitrogens is 5. The van der Waals surface area contributed by atoms with E-state index in [-0.39, 0.29) is 0 Å². The van der Waals surface area contributed by atoms with Crippen molar-refractivity contribution in [3.8, 4) is 6.07 Å². The molecular weight excluding hydrogens is 307 g/mol. The van der Waals surface area contributed by atoms with Gasteiger partial charge in [0.2, 0.25) is 0 Å². The van der Waals surface area contributed by atoms with Gasteiger partial charge in [-0.2, -0.15) is 5.26 Å². The second kappa shape index (κ2) is 5.35. The summed E-state index contributed by atoms with van der Waals surface area (Å²) in [4.78, 5) is 8.20.